The van der Waals surface area contributed by atoms with E-state index < -0.39 is 48.0 Å². The van der Waals surface area contributed by atoms with E-state index in [0.717, 1.165) is 0 Å². The number of hydrogen-bond acceptors (Lipinski definition) is 4. The number of alkyl halides is 12. The second-order valence-corrected chi connectivity index (χ2v) is 3.67. The minimum Gasteiger partial charge on any atom is -0.281 e. The van der Waals surface area contributed by atoms with Crippen molar-refractivity contribution in [2.75, 3.05) is 6.61 Å². The Bertz CT molecular complexity index is 344. The van der Waals surface area contributed by atoms with Gasteiger partial charge >= 0.3 is 25.2 Å². The van der Waals surface area contributed by atoms with Crippen LogP contribution in [0.15, 0.2) is 0 Å². The van der Waals surface area contributed by atoms with Gasteiger partial charge < -0.3 is 0 Å². The van der Waals surface area contributed by atoms with E-state index in [2.05, 4.69) is 9.68 Å². The second-order valence-electron chi connectivity index (χ2n) is 3.67. The fourth-order valence-corrected chi connectivity index (χ4v) is 0.943. The lowest BCUT2D eigenvalue weighted by Crippen LogP contribution is -2.52. The van der Waals surface area contributed by atoms with Crippen LogP contribution in [0.4, 0.5) is 52.7 Å². The number of nitrogens with zero attached hydrogens (tertiary/aromatic N) is 2. The lowest BCUT2D eigenvalue weighted by Gasteiger charge is -2.30. The zero-order valence-corrected chi connectivity index (χ0v) is 10.5. The average Bonchev–Trinajstić information content (AvgIpc) is 2.18. The fraction of sp³-hybridized carbons (Fsp3) is 1.00. The van der Waals surface area contributed by atoms with E-state index in [1.54, 1.807) is 0 Å². The molecule has 0 fully saturated rings. The summed E-state index contributed by atoms with van der Waals surface area (Å²) in [5, 5.41) is -4.98. The molecule has 0 aromatic rings. The Morgan fingerprint density at radius 2 is 0.957 bits per heavy atom. The van der Waals surface area contributed by atoms with Crippen molar-refractivity contribution in [3.05, 3.63) is 0 Å². The maximum atomic E-state index is 12.0. The van der Waals surface area contributed by atoms with Gasteiger partial charge in [-0.2, -0.15) is 52.7 Å². The first-order chi connectivity index (χ1) is 9.87. The standard InChI is InChI=1S/C7H6F12N2O2/c1-3(23-21(6(14,15)16)7(17,18)19)2-22-20(4(8,9)10)5(11,12)13/h3H,2H2,1H3. The van der Waals surface area contributed by atoms with Gasteiger partial charge in [0.15, 0.2) is 0 Å². The van der Waals surface area contributed by atoms with E-state index in [1.807, 2.05) is 0 Å². The summed E-state index contributed by atoms with van der Waals surface area (Å²) in [7, 11) is 0. The molecule has 140 valence electrons. The molecule has 0 aromatic carbocycles. The summed E-state index contributed by atoms with van der Waals surface area (Å²) < 4.78 is 144. The smallest absolute Gasteiger partial charge is 0.281 e. The van der Waals surface area contributed by atoms with Gasteiger partial charge in [-0.05, 0) is 6.92 Å². The van der Waals surface area contributed by atoms with Crippen molar-refractivity contribution in [3.63, 3.8) is 0 Å². The van der Waals surface area contributed by atoms with Gasteiger partial charge in [0.05, 0.1) is 6.61 Å². The molecule has 0 spiro atoms. The molecule has 0 N–H and O–H groups in total. The molecule has 0 radical (unpaired) electrons. The monoisotopic (exact) mass is 378 g/mol. The molecule has 1 unspecified atom stereocenters. The minimum absolute atomic E-state index is 0.329. The van der Waals surface area contributed by atoms with Crippen molar-refractivity contribution >= 4 is 0 Å². The van der Waals surface area contributed by atoms with Crippen molar-refractivity contribution in [2.24, 2.45) is 0 Å². The van der Waals surface area contributed by atoms with Crippen molar-refractivity contribution in [3.8, 4) is 0 Å². The highest BCUT2D eigenvalue weighted by Gasteiger charge is 2.58. The zero-order valence-electron chi connectivity index (χ0n) is 10.5. The van der Waals surface area contributed by atoms with Crippen LogP contribution in [0.1, 0.15) is 6.92 Å². The van der Waals surface area contributed by atoms with Crippen LogP contribution in [-0.2, 0) is 9.68 Å². The average molecular weight is 378 g/mol. The third-order valence-corrected chi connectivity index (χ3v) is 1.64. The second kappa shape index (κ2) is 6.86. The Labute approximate surface area is 119 Å². The Hall–Kier alpha value is -1.00. The van der Waals surface area contributed by atoms with Gasteiger partial charge in [0.1, 0.15) is 6.10 Å². The number of hydroxylamine groups is 4. The van der Waals surface area contributed by atoms with Crippen molar-refractivity contribution in [2.45, 2.75) is 38.2 Å². The van der Waals surface area contributed by atoms with Crippen LogP contribution in [0, 0.1) is 0 Å². The molecule has 0 heterocycles. The van der Waals surface area contributed by atoms with E-state index in [9.17, 15) is 52.7 Å². The van der Waals surface area contributed by atoms with Crippen LogP contribution in [-0.4, -0.2) is 48.0 Å². The summed E-state index contributed by atoms with van der Waals surface area (Å²) in [6.45, 7) is -1.59. The summed E-state index contributed by atoms with van der Waals surface area (Å²) in [5.41, 5.74) is 0. The highest BCUT2D eigenvalue weighted by atomic mass is 19.4. The molecule has 1 atom stereocenters. The molecular formula is C7H6F12N2O2. The van der Waals surface area contributed by atoms with Crippen LogP contribution in [0.3, 0.4) is 0 Å². The summed E-state index contributed by atoms with van der Waals surface area (Å²) >= 11 is 0. The normalized spacial score (nSPS) is 16.3. The number of rotatable bonds is 5. The molecule has 0 aliphatic heterocycles. The van der Waals surface area contributed by atoms with Gasteiger partial charge in [0.25, 0.3) is 0 Å². The quantitative estimate of drug-likeness (QED) is 0.411. The lowest BCUT2D eigenvalue weighted by molar-refractivity contribution is -0.507. The molecule has 0 amide bonds. The molecule has 0 aliphatic carbocycles. The molecule has 0 aliphatic rings. The van der Waals surface area contributed by atoms with E-state index in [1.165, 1.54) is 0 Å². The SMILES string of the molecule is CC(CON(C(F)(F)F)C(F)(F)F)ON(C(F)(F)F)C(F)(F)F. The fourth-order valence-electron chi connectivity index (χ4n) is 0.943. The van der Waals surface area contributed by atoms with Gasteiger partial charge in [-0.25, -0.2) is 0 Å². The lowest BCUT2D eigenvalue weighted by atomic mass is 10.4. The van der Waals surface area contributed by atoms with Gasteiger partial charge in [0, 0.05) is 10.1 Å². The van der Waals surface area contributed by atoms with Gasteiger partial charge in [-0.15, -0.1) is 0 Å². The molecule has 0 rings (SSSR count). The van der Waals surface area contributed by atoms with Gasteiger partial charge in [-0.3, -0.25) is 9.68 Å². The first-order valence-corrected chi connectivity index (χ1v) is 5.04. The van der Waals surface area contributed by atoms with Crippen LogP contribution < -0.4 is 0 Å². The largest absolute Gasteiger partial charge is 0.490 e. The van der Waals surface area contributed by atoms with Crippen LogP contribution >= 0.6 is 0 Å². The molecule has 16 heteroatoms. The van der Waals surface area contributed by atoms with Gasteiger partial charge in [-0.1, -0.05) is 0 Å². The van der Waals surface area contributed by atoms with E-state index in [-0.39, 0.29) is 0 Å². The Morgan fingerprint density at radius 3 is 1.22 bits per heavy atom. The first kappa shape index (κ1) is 22.0. The Morgan fingerprint density at radius 1 is 0.652 bits per heavy atom. The maximum absolute atomic E-state index is 12.0. The minimum atomic E-state index is -6.14. The molecular weight excluding hydrogens is 372 g/mol. The predicted molar refractivity (Wildman–Crippen MR) is 44.4 cm³/mol. The summed E-state index contributed by atoms with van der Waals surface area (Å²) in [6.07, 6.45) is -27.0. The molecule has 4 nitrogen and oxygen atoms in total. The molecule has 0 saturated heterocycles. The predicted octanol–water partition coefficient (Wildman–Crippen LogP) is 3.92. The van der Waals surface area contributed by atoms with Crippen LogP contribution in [0.5, 0.6) is 0 Å². The maximum Gasteiger partial charge on any atom is 0.490 e. The Balaban J connectivity index is 4.91. The molecule has 0 bridgehead atoms. The number of halogens is 12. The van der Waals surface area contributed by atoms with Crippen LogP contribution in [0.25, 0.3) is 0 Å². The summed E-state index contributed by atoms with van der Waals surface area (Å²) in [6, 6.07) is 0. The highest BCUT2D eigenvalue weighted by molar-refractivity contribution is 4.57. The van der Waals surface area contributed by atoms with Crippen molar-refractivity contribution in [1.29, 1.82) is 0 Å². The van der Waals surface area contributed by atoms with E-state index in [4.69, 9.17) is 0 Å². The van der Waals surface area contributed by atoms with Crippen molar-refractivity contribution in [1.82, 2.24) is 10.1 Å². The topological polar surface area (TPSA) is 24.9 Å². The molecule has 0 saturated carbocycles. The summed E-state index contributed by atoms with van der Waals surface area (Å²) in [5.74, 6) is 0. The van der Waals surface area contributed by atoms with E-state index >= 15 is 0 Å². The summed E-state index contributed by atoms with van der Waals surface area (Å²) in [4.78, 5) is 6.41. The van der Waals surface area contributed by atoms with Gasteiger partial charge in [0.2, 0.25) is 0 Å². The van der Waals surface area contributed by atoms with Crippen LogP contribution in [0.2, 0.25) is 0 Å². The highest BCUT2D eigenvalue weighted by Crippen LogP contribution is 2.35. The van der Waals surface area contributed by atoms with E-state index in [0.29, 0.717) is 6.92 Å². The zero-order chi connectivity index (χ0) is 18.9. The molecule has 23 heavy (non-hydrogen) atoms. The first-order valence-electron chi connectivity index (χ1n) is 5.04. The van der Waals surface area contributed by atoms with Crippen molar-refractivity contribution < 1.29 is 62.4 Å². The Kier molecular flexibility index (Phi) is 6.56. The molecule has 0 aromatic heterocycles. The third kappa shape index (κ3) is 7.40. The third-order valence-electron chi connectivity index (χ3n) is 1.64. The number of hydrogen-bond donors (Lipinski definition) is 0.